The van der Waals surface area contributed by atoms with Crippen molar-refractivity contribution in [2.24, 2.45) is 0 Å². The van der Waals surface area contributed by atoms with Crippen molar-refractivity contribution in [3.8, 4) is 5.75 Å². The summed E-state index contributed by atoms with van der Waals surface area (Å²) in [5, 5.41) is 0. The first kappa shape index (κ1) is 13.1. The van der Waals surface area contributed by atoms with Crippen molar-refractivity contribution in [2.75, 3.05) is 7.11 Å². The highest BCUT2D eigenvalue weighted by molar-refractivity contribution is 5.93. The highest BCUT2D eigenvalue weighted by Crippen LogP contribution is 2.16. The molecule has 0 radical (unpaired) electrons. The van der Waals surface area contributed by atoms with Gasteiger partial charge >= 0.3 is 0 Å². The molecule has 0 aromatic heterocycles. The van der Waals surface area contributed by atoms with Crippen LogP contribution in [0.4, 0.5) is 0 Å². The third-order valence-electron chi connectivity index (χ3n) is 2.71. The van der Waals surface area contributed by atoms with Crippen molar-refractivity contribution in [3.63, 3.8) is 0 Å². The molecule has 0 spiro atoms. The number of carbonyl (C=O) groups is 1. The molecule has 0 unspecified atom stereocenters. The van der Waals surface area contributed by atoms with Gasteiger partial charge in [-0.15, -0.1) is 0 Å². The number of para-hydroxylation sites is 1. The molecule has 4 heteroatoms. The zero-order valence-electron chi connectivity index (χ0n) is 10.7. The normalized spacial score (nSPS) is 9.95. The van der Waals surface area contributed by atoms with E-state index in [2.05, 4.69) is 10.9 Å². The maximum Gasteiger partial charge on any atom is 0.265 e. The molecule has 98 valence electrons. The van der Waals surface area contributed by atoms with Crippen LogP contribution in [0.1, 0.15) is 15.9 Å². The van der Waals surface area contributed by atoms with Gasteiger partial charge in [-0.05, 0) is 18.2 Å². The van der Waals surface area contributed by atoms with Crippen molar-refractivity contribution < 1.29 is 9.53 Å². The number of amides is 1. The molecule has 2 aromatic carbocycles. The second-order valence-corrected chi connectivity index (χ2v) is 3.99. The fourth-order valence-electron chi connectivity index (χ4n) is 1.73. The first-order chi connectivity index (χ1) is 9.31. The first-order valence-electron chi connectivity index (χ1n) is 6.01. The van der Waals surface area contributed by atoms with Gasteiger partial charge in [0.1, 0.15) is 5.75 Å². The minimum atomic E-state index is -0.157. The molecule has 0 atom stereocenters. The summed E-state index contributed by atoms with van der Waals surface area (Å²) in [7, 11) is 1.63. The second-order valence-electron chi connectivity index (χ2n) is 3.99. The number of nitrogens with one attached hydrogen (secondary N) is 2. The van der Waals surface area contributed by atoms with Crippen molar-refractivity contribution >= 4 is 5.91 Å². The van der Waals surface area contributed by atoms with Gasteiger partial charge in [0.15, 0.2) is 0 Å². The molecular formula is C15H16N2O2. The van der Waals surface area contributed by atoms with Crippen LogP contribution in [0.3, 0.4) is 0 Å². The predicted octanol–water partition coefficient (Wildman–Crippen LogP) is 2.13. The monoisotopic (exact) mass is 256 g/mol. The van der Waals surface area contributed by atoms with E-state index < -0.39 is 0 Å². The number of hydrogen-bond donors (Lipinski definition) is 2. The predicted molar refractivity (Wildman–Crippen MR) is 73.7 cm³/mol. The van der Waals surface area contributed by atoms with Gasteiger partial charge in [0.05, 0.1) is 7.11 Å². The molecule has 0 aliphatic rings. The summed E-state index contributed by atoms with van der Waals surface area (Å²) in [6.07, 6.45) is 0. The summed E-state index contributed by atoms with van der Waals surface area (Å²) in [6, 6.07) is 16.7. The summed E-state index contributed by atoms with van der Waals surface area (Å²) in [5.41, 5.74) is 7.15. The average molecular weight is 256 g/mol. The van der Waals surface area contributed by atoms with Crippen LogP contribution in [0.5, 0.6) is 5.75 Å². The number of methoxy groups -OCH3 is 1. The molecule has 4 nitrogen and oxygen atoms in total. The molecule has 0 saturated heterocycles. The Labute approximate surface area is 112 Å². The molecule has 0 heterocycles. The Bertz CT molecular complexity index is 541. The lowest BCUT2D eigenvalue weighted by atomic mass is 10.2. The van der Waals surface area contributed by atoms with Gasteiger partial charge in [-0.25, -0.2) is 5.43 Å². The molecule has 0 fully saturated rings. The van der Waals surface area contributed by atoms with E-state index in [1.165, 1.54) is 0 Å². The minimum Gasteiger partial charge on any atom is -0.496 e. The Morgan fingerprint density at radius 1 is 1.05 bits per heavy atom. The van der Waals surface area contributed by atoms with E-state index in [9.17, 15) is 4.79 Å². The zero-order valence-corrected chi connectivity index (χ0v) is 10.7. The van der Waals surface area contributed by atoms with Gasteiger partial charge < -0.3 is 4.74 Å². The Balaban J connectivity index is 1.88. The van der Waals surface area contributed by atoms with Gasteiger partial charge in [-0.2, -0.15) is 0 Å². The maximum absolute atomic E-state index is 11.8. The summed E-state index contributed by atoms with van der Waals surface area (Å²) in [6.45, 7) is 0.503. The zero-order chi connectivity index (χ0) is 13.5. The molecule has 1 amide bonds. The first-order valence-corrected chi connectivity index (χ1v) is 6.01. The van der Waals surface area contributed by atoms with Crippen LogP contribution in [0.25, 0.3) is 0 Å². The summed E-state index contributed by atoms with van der Waals surface area (Å²) in [4.78, 5) is 11.8. The number of ether oxygens (including phenoxy) is 1. The van der Waals surface area contributed by atoms with Crippen molar-refractivity contribution in [2.45, 2.75) is 6.54 Å². The second kappa shape index (κ2) is 6.56. The lowest BCUT2D eigenvalue weighted by molar-refractivity contribution is 0.0932. The molecule has 0 bridgehead atoms. The number of rotatable bonds is 5. The molecular weight excluding hydrogens is 240 g/mol. The van der Waals surface area contributed by atoms with E-state index >= 15 is 0 Å². The lowest BCUT2D eigenvalue weighted by Gasteiger charge is -2.10. The molecule has 0 aliphatic heterocycles. The number of benzene rings is 2. The van der Waals surface area contributed by atoms with E-state index in [0.29, 0.717) is 12.1 Å². The number of hydrogen-bond acceptors (Lipinski definition) is 3. The lowest BCUT2D eigenvalue weighted by Crippen LogP contribution is -2.36. The average Bonchev–Trinajstić information content (AvgIpc) is 2.48. The third-order valence-corrected chi connectivity index (χ3v) is 2.71. The van der Waals surface area contributed by atoms with Gasteiger partial charge in [0.2, 0.25) is 0 Å². The van der Waals surface area contributed by atoms with Gasteiger partial charge in [-0.1, -0.05) is 36.4 Å². The SMILES string of the molecule is COc1ccccc1CNNC(=O)c1ccccc1. The van der Waals surface area contributed by atoms with E-state index in [1.54, 1.807) is 19.2 Å². The molecule has 0 aliphatic carbocycles. The van der Waals surface area contributed by atoms with Crippen LogP contribution < -0.4 is 15.6 Å². The van der Waals surface area contributed by atoms with Crippen molar-refractivity contribution in [1.82, 2.24) is 10.9 Å². The fraction of sp³-hybridized carbons (Fsp3) is 0.133. The summed E-state index contributed by atoms with van der Waals surface area (Å²) in [5.74, 6) is 0.638. The number of carbonyl (C=O) groups excluding carboxylic acids is 1. The van der Waals surface area contributed by atoms with Crippen LogP contribution in [-0.4, -0.2) is 13.0 Å². The Kier molecular flexibility index (Phi) is 4.53. The van der Waals surface area contributed by atoms with Crippen LogP contribution in [0.2, 0.25) is 0 Å². The summed E-state index contributed by atoms with van der Waals surface area (Å²) >= 11 is 0. The highest BCUT2D eigenvalue weighted by atomic mass is 16.5. The molecule has 19 heavy (non-hydrogen) atoms. The van der Waals surface area contributed by atoms with E-state index in [1.807, 2.05) is 42.5 Å². The topological polar surface area (TPSA) is 50.4 Å². The van der Waals surface area contributed by atoms with Crippen LogP contribution >= 0.6 is 0 Å². The molecule has 2 aromatic rings. The van der Waals surface area contributed by atoms with Crippen molar-refractivity contribution in [1.29, 1.82) is 0 Å². The minimum absolute atomic E-state index is 0.157. The van der Waals surface area contributed by atoms with Crippen LogP contribution in [0, 0.1) is 0 Å². The van der Waals surface area contributed by atoms with E-state index in [4.69, 9.17) is 4.74 Å². The maximum atomic E-state index is 11.8. The standard InChI is InChI=1S/C15H16N2O2/c1-19-14-10-6-5-9-13(14)11-16-17-15(18)12-7-3-2-4-8-12/h2-10,16H,11H2,1H3,(H,17,18). The molecule has 2 rings (SSSR count). The molecule has 0 saturated carbocycles. The highest BCUT2D eigenvalue weighted by Gasteiger charge is 2.04. The Morgan fingerprint density at radius 2 is 1.74 bits per heavy atom. The fourth-order valence-corrected chi connectivity index (χ4v) is 1.73. The quantitative estimate of drug-likeness (QED) is 0.806. The molecule has 2 N–H and O–H groups in total. The Hall–Kier alpha value is -2.33. The van der Waals surface area contributed by atoms with E-state index in [-0.39, 0.29) is 5.91 Å². The third kappa shape index (κ3) is 3.56. The van der Waals surface area contributed by atoms with Crippen molar-refractivity contribution in [3.05, 3.63) is 65.7 Å². The largest absolute Gasteiger partial charge is 0.496 e. The summed E-state index contributed by atoms with van der Waals surface area (Å²) < 4.78 is 5.23. The number of hydrazine groups is 1. The van der Waals surface area contributed by atoms with Gasteiger partial charge in [0.25, 0.3) is 5.91 Å². The smallest absolute Gasteiger partial charge is 0.265 e. The van der Waals surface area contributed by atoms with Crippen LogP contribution in [-0.2, 0) is 6.54 Å². The van der Waals surface area contributed by atoms with Gasteiger partial charge in [0, 0.05) is 17.7 Å². The van der Waals surface area contributed by atoms with Gasteiger partial charge in [-0.3, -0.25) is 10.2 Å². The Morgan fingerprint density at radius 3 is 2.47 bits per heavy atom. The van der Waals surface area contributed by atoms with Crippen LogP contribution in [0.15, 0.2) is 54.6 Å². The van der Waals surface area contributed by atoms with E-state index in [0.717, 1.165) is 11.3 Å².